The van der Waals surface area contributed by atoms with Gasteiger partial charge in [-0.1, -0.05) is 0 Å². The van der Waals surface area contributed by atoms with Gasteiger partial charge in [-0.15, -0.1) is 13.2 Å². The summed E-state index contributed by atoms with van der Waals surface area (Å²) in [5.41, 5.74) is 2.23. The summed E-state index contributed by atoms with van der Waals surface area (Å²) in [6.45, 7) is 0. The van der Waals surface area contributed by atoms with Crippen molar-refractivity contribution in [1.82, 2.24) is 24.3 Å². The normalized spacial score (nSPS) is 19.9. The average molecular weight is 434 g/mol. The Hall–Kier alpha value is -3.21. The number of alkyl halides is 3. The molecule has 1 fully saturated rings. The number of ether oxygens (including phenoxy) is 1. The fraction of sp³-hybridized carbons (Fsp3) is 0.350. The SMILES string of the molecule is Fc1cc(-c2c[nH]c3nc(NC4CCC(OC(F)(F)F)CC4)ncc23)cn2ccnc12. The Morgan fingerprint density at radius 3 is 2.74 bits per heavy atom. The van der Waals surface area contributed by atoms with Crippen molar-refractivity contribution in [3.63, 3.8) is 0 Å². The van der Waals surface area contributed by atoms with E-state index in [2.05, 4.69) is 30.0 Å². The summed E-state index contributed by atoms with van der Waals surface area (Å²) < 4.78 is 57.1. The summed E-state index contributed by atoms with van der Waals surface area (Å²) in [5, 5.41) is 3.91. The van der Waals surface area contributed by atoms with Crippen LogP contribution in [-0.2, 0) is 4.74 Å². The van der Waals surface area contributed by atoms with E-state index in [0.717, 1.165) is 10.9 Å². The first-order valence-electron chi connectivity index (χ1n) is 9.83. The van der Waals surface area contributed by atoms with Gasteiger partial charge in [0.2, 0.25) is 5.95 Å². The second-order valence-electron chi connectivity index (χ2n) is 7.57. The number of aromatic nitrogens is 5. The Balaban J connectivity index is 1.32. The number of rotatable bonds is 4. The number of H-pyrrole nitrogens is 1. The van der Waals surface area contributed by atoms with Crippen molar-refractivity contribution in [3.05, 3.63) is 42.9 Å². The molecule has 1 saturated carbocycles. The summed E-state index contributed by atoms with van der Waals surface area (Å²) in [6.07, 6.45) is 4.64. The zero-order valence-corrected chi connectivity index (χ0v) is 16.2. The fourth-order valence-corrected chi connectivity index (χ4v) is 4.05. The Bertz CT molecular complexity index is 1230. The molecule has 162 valence electrons. The van der Waals surface area contributed by atoms with Crippen LogP contribution in [0.2, 0.25) is 0 Å². The second kappa shape index (κ2) is 7.49. The van der Waals surface area contributed by atoms with Crippen molar-refractivity contribution in [1.29, 1.82) is 0 Å². The lowest BCUT2D eigenvalue weighted by Gasteiger charge is -2.29. The Morgan fingerprint density at radius 1 is 1.16 bits per heavy atom. The zero-order chi connectivity index (χ0) is 21.6. The number of imidazole rings is 1. The standard InChI is InChI=1S/C20H18F4N6O/c21-16-7-11(10-30-6-5-25-18(16)30)14-8-26-17-15(14)9-27-19(29-17)28-12-1-3-13(4-2-12)31-20(22,23)24/h5-10,12-13H,1-4H2,(H2,26,27,28,29). The molecule has 11 heteroatoms. The van der Waals surface area contributed by atoms with Gasteiger partial charge < -0.3 is 14.7 Å². The van der Waals surface area contributed by atoms with Gasteiger partial charge >= 0.3 is 6.36 Å². The van der Waals surface area contributed by atoms with E-state index in [9.17, 15) is 17.6 Å². The molecule has 5 rings (SSSR count). The van der Waals surface area contributed by atoms with E-state index in [4.69, 9.17) is 0 Å². The number of fused-ring (bicyclic) bond motifs is 2. The van der Waals surface area contributed by atoms with Gasteiger partial charge in [-0.05, 0) is 31.7 Å². The molecule has 7 nitrogen and oxygen atoms in total. The lowest BCUT2D eigenvalue weighted by Crippen LogP contribution is -2.33. The van der Waals surface area contributed by atoms with Crippen LogP contribution in [0.15, 0.2) is 37.1 Å². The largest absolute Gasteiger partial charge is 0.522 e. The van der Waals surface area contributed by atoms with Crippen LogP contribution in [0, 0.1) is 5.82 Å². The van der Waals surface area contributed by atoms with Gasteiger partial charge in [0.05, 0.1) is 6.10 Å². The average Bonchev–Trinajstić information content (AvgIpc) is 3.35. The summed E-state index contributed by atoms with van der Waals surface area (Å²) in [6, 6.07) is 1.39. The van der Waals surface area contributed by atoms with Crippen molar-refractivity contribution < 1.29 is 22.3 Å². The van der Waals surface area contributed by atoms with E-state index >= 15 is 0 Å². The maximum atomic E-state index is 14.3. The number of halogens is 4. The molecule has 0 amide bonds. The third-order valence-electron chi connectivity index (χ3n) is 5.49. The molecule has 31 heavy (non-hydrogen) atoms. The molecule has 1 aliphatic carbocycles. The number of nitrogens with zero attached hydrogens (tertiary/aromatic N) is 4. The summed E-state index contributed by atoms with van der Waals surface area (Å²) >= 11 is 0. The molecule has 4 aromatic rings. The maximum Gasteiger partial charge on any atom is 0.522 e. The summed E-state index contributed by atoms with van der Waals surface area (Å²) in [5.74, 6) is -0.0431. The first-order valence-corrected chi connectivity index (χ1v) is 9.83. The van der Waals surface area contributed by atoms with Gasteiger partial charge in [0, 0.05) is 53.5 Å². The van der Waals surface area contributed by atoms with Crippen LogP contribution in [0.5, 0.6) is 0 Å². The molecular formula is C20H18F4N6O. The van der Waals surface area contributed by atoms with Crippen molar-refractivity contribution in [2.24, 2.45) is 0 Å². The first-order chi connectivity index (χ1) is 14.9. The Kier molecular flexibility index (Phi) is 4.77. The number of hydrogen-bond acceptors (Lipinski definition) is 5. The Morgan fingerprint density at radius 2 is 1.97 bits per heavy atom. The van der Waals surface area contributed by atoms with Gasteiger partial charge in [-0.25, -0.2) is 14.4 Å². The molecule has 0 spiro atoms. The van der Waals surface area contributed by atoms with Crippen molar-refractivity contribution >= 4 is 22.6 Å². The van der Waals surface area contributed by atoms with Gasteiger partial charge in [0.25, 0.3) is 0 Å². The monoisotopic (exact) mass is 434 g/mol. The maximum absolute atomic E-state index is 14.3. The molecule has 0 aromatic carbocycles. The molecule has 0 atom stereocenters. The predicted octanol–water partition coefficient (Wildman–Crippen LogP) is 4.67. The van der Waals surface area contributed by atoms with Gasteiger partial charge in [-0.2, -0.15) is 4.98 Å². The van der Waals surface area contributed by atoms with Crippen molar-refractivity contribution in [2.45, 2.75) is 44.2 Å². The van der Waals surface area contributed by atoms with E-state index in [-0.39, 0.29) is 11.7 Å². The number of pyridine rings is 1. The molecule has 2 N–H and O–H groups in total. The number of aromatic amines is 1. The fourth-order valence-electron chi connectivity index (χ4n) is 4.05. The van der Waals surface area contributed by atoms with Gasteiger partial charge in [0.15, 0.2) is 11.5 Å². The van der Waals surface area contributed by atoms with Crippen LogP contribution in [0.3, 0.4) is 0 Å². The lowest BCUT2D eigenvalue weighted by atomic mass is 9.93. The second-order valence-corrected chi connectivity index (χ2v) is 7.57. The Labute approximate surface area is 173 Å². The smallest absolute Gasteiger partial charge is 0.351 e. The first kappa shape index (κ1) is 19.7. The highest BCUT2D eigenvalue weighted by atomic mass is 19.4. The highest BCUT2D eigenvalue weighted by molar-refractivity contribution is 5.93. The predicted molar refractivity (Wildman–Crippen MR) is 105 cm³/mol. The van der Waals surface area contributed by atoms with E-state index in [0.29, 0.717) is 42.8 Å². The van der Waals surface area contributed by atoms with Crippen LogP contribution in [0.4, 0.5) is 23.5 Å². The van der Waals surface area contributed by atoms with E-state index in [1.165, 1.54) is 12.3 Å². The minimum absolute atomic E-state index is 0.0299. The molecule has 0 unspecified atom stereocenters. The molecule has 0 saturated heterocycles. The van der Waals surface area contributed by atoms with Crippen molar-refractivity contribution in [2.75, 3.05) is 5.32 Å². The third kappa shape index (κ3) is 4.05. The van der Waals surface area contributed by atoms with Crippen LogP contribution >= 0.6 is 0 Å². The number of hydrogen-bond donors (Lipinski definition) is 2. The minimum Gasteiger partial charge on any atom is -0.351 e. The molecule has 0 radical (unpaired) electrons. The van der Waals surface area contributed by atoms with Crippen LogP contribution in [0.1, 0.15) is 25.7 Å². The van der Waals surface area contributed by atoms with E-state index in [1.54, 1.807) is 29.2 Å². The quantitative estimate of drug-likeness (QED) is 0.457. The molecule has 0 aliphatic heterocycles. The van der Waals surface area contributed by atoms with Crippen LogP contribution < -0.4 is 5.32 Å². The molecule has 0 bridgehead atoms. The number of nitrogens with one attached hydrogen (secondary N) is 2. The van der Waals surface area contributed by atoms with Gasteiger partial charge in [0.1, 0.15) is 5.65 Å². The summed E-state index contributed by atoms with van der Waals surface area (Å²) in [4.78, 5) is 15.9. The number of anilines is 1. The zero-order valence-electron chi connectivity index (χ0n) is 16.2. The molecule has 1 aliphatic rings. The topological polar surface area (TPSA) is 80.1 Å². The van der Waals surface area contributed by atoms with E-state index < -0.39 is 18.3 Å². The highest BCUT2D eigenvalue weighted by Crippen LogP contribution is 2.31. The van der Waals surface area contributed by atoms with Crippen LogP contribution in [0.25, 0.3) is 27.8 Å². The highest BCUT2D eigenvalue weighted by Gasteiger charge is 2.35. The molecule has 4 heterocycles. The van der Waals surface area contributed by atoms with Crippen LogP contribution in [-0.4, -0.2) is 42.8 Å². The molecular weight excluding hydrogens is 416 g/mol. The third-order valence-corrected chi connectivity index (χ3v) is 5.49. The van der Waals surface area contributed by atoms with Crippen molar-refractivity contribution in [3.8, 4) is 11.1 Å². The summed E-state index contributed by atoms with van der Waals surface area (Å²) in [7, 11) is 0. The van der Waals surface area contributed by atoms with Gasteiger partial charge in [-0.3, -0.25) is 4.74 Å². The lowest BCUT2D eigenvalue weighted by molar-refractivity contribution is -0.345. The molecule has 4 aromatic heterocycles. The minimum atomic E-state index is -4.60. The van der Waals surface area contributed by atoms with E-state index in [1.807, 2.05) is 0 Å².